The van der Waals surface area contributed by atoms with Gasteiger partial charge in [0.05, 0.1) is 0 Å². The maximum Gasteiger partial charge on any atom is 1.00 e. The molecule has 0 fully saturated rings. The van der Waals surface area contributed by atoms with Crippen LogP contribution in [0.4, 0.5) is 0 Å². The van der Waals surface area contributed by atoms with Crippen LogP contribution in [-0.2, 0) is 0 Å². The van der Waals surface area contributed by atoms with E-state index in [0.29, 0.717) is 0 Å². The van der Waals surface area contributed by atoms with Crippen LogP contribution in [-0.4, -0.2) is 8.07 Å². The van der Waals surface area contributed by atoms with Gasteiger partial charge in [-0.3, -0.25) is 0 Å². The zero-order chi connectivity index (χ0) is 11.6. The minimum absolute atomic E-state index is 0. The van der Waals surface area contributed by atoms with Crippen molar-refractivity contribution in [1.29, 1.82) is 0 Å². The van der Waals surface area contributed by atoms with Crippen molar-refractivity contribution in [3.05, 3.63) is 17.5 Å². The Hall–Kier alpha value is 0.514. The van der Waals surface area contributed by atoms with E-state index in [0.717, 1.165) is 16.6 Å². The summed E-state index contributed by atoms with van der Waals surface area (Å²) in [4.78, 5) is 0. The van der Waals surface area contributed by atoms with Crippen molar-refractivity contribution < 1.29 is 18.9 Å². The zero-order valence-corrected chi connectivity index (χ0v) is 13.6. The Morgan fingerprint density at radius 1 is 1.00 bits per heavy atom. The summed E-state index contributed by atoms with van der Waals surface area (Å²) in [5.74, 6) is 0. The molecule has 0 saturated carbocycles. The molecule has 3 heteroatoms. The first-order valence-electron chi connectivity index (χ1n) is 5.90. The average molecular weight is 246 g/mol. The van der Waals surface area contributed by atoms with E-state index in [1.165, 1.54) is 0 Å². The Morgan fingerprint density at radius 2 is 1.44 bits per heavy atom. The van der Waals surface area contributed by atoms with E-state index in [-0.39, 0.29) is 18.9 Å². The molecule has 0 saturated heterocycles. The van der Waals surface area contributed by atoms with Crippen LogP contribution in [0.3, 0.4) is 0 Å². The molecule has 0 atom stereocenters. The molecule has 86 valence electrons. The number of thiophene rings is 1. The van der Waals surface area contributed by atoms with Crippen LogP contribution in [0.15, 0.2) is 12.1 Å². The molecule has 0 aliphatic carbocycles. The third kappa shape index (κ3) is 2.67. The van der Waals surface area contributed by atoms with Gasteiger partial charge >= 0.3 is 18.9 Å². The second kappa shape index (κ2) is 6.45. The summed E-state index contributed by atoms with van der Waals surface area (Å²) in [6, 6.07) is 4.41. The fraction of sp³-hybridized carbons (Fsp3) is 0.692. The molecule has 1 aromatic rings. The summed E-state index contributed by atoms with van der Waals surface area (Å²) in [5, 5.41) is 3.28. The predicted octanol–water partition coefficient (Wildman–Crippen LogP) is 1.44. The topological polar surface area (TPSA) is 0 Å². The first kappa shape index (κ1) is 16.5. The van der Waals surface area contributed by atoms with Crippen LogP contribution >= 0.6 is 11.3 Å². The van der Waals surface area contributed by atoms with E-state index in [9.17, 15) is 0 Å². The van der Waals surface area contributed by atoms with Crippen LogP contribution in [0, 0.1) is 5.38 Å². The van der Waals surface area contributed by atoms with Crippen LogP contribution in [0.2, 0.25) is 16.6 Å². The van der Waals surface area contributed by atoms with Gasteiger partial charge in [0.2, 0.25) is 0 Å². The van der Waals surface area contributed by atoms with Gasteiger partial charge in [0, 0.05) is 8.07 Å². The summed E-state index contributed by atoms with van der Waals surface area (Å²) < 4.78 is 1.64. The summed E-state index contributed by atoms with van der Waals surface area (Å²) >= 11 is 1.85. The monoisotopic (exact) mass is 246 g/mol. The van der Waals surface area contributed by atoms with E-state index in [1.807, 2.05) is 11.3 Å². The second-order valence-corrected chi connectivity index (χ2v) is 12.4. The predicted molar refractivity (Wildman–Crippen MR) is 73.8 cm³/mol. The van der Waals surface area contributed by atoms with Crippen LogP contribution in [0.25, 0.3) is 0 Å². The molecular weight excluding hydrogens is 223 g/mol. The van der Waals surface area contributed by atoms with Crippen molar-refractivity contribution in [2.45, 2.75) is 58.2 Å². The largest absolute Gasteiger partial charge is 1.00 e. The first-order valence-corrected chi connectivity index (χ1v) is 8.95. The molecule has 16 heavy (non-hydrogen) atoms. The summed E-state index contributed by atoms with van der Waals surface area (Å²) in [6.45, 7) is 14.5. The van der Waals surface area contributed by atoms with Gasteiger partial charge in [-0.1, -0.05) is 58.2 Å². The van der Waals surface area contributed by atoms with Crippen molar-refractivity contribution in [3.8, 4) is 0 Å². The Balaban J connectivity index is 0.00000225. The van der Waals surface area contributed by atoms with E-state index >= 15 is 0 Å². The molecule has 0 radical (unpaired) electrons. The normalized spacial score (nSPS) is 12.3. The van der Waals surface area contributed by atoms with Crippen molar-refractivity contribution in [1.82, 2.24) is 0 Å². The van der Waals surface area contributed by atoms with E-state index in [4.69, 9.17) is 0 Å². The molecule has 1 aromatic heterocycles. The third-order valence-corrected chi connectivity index (χ3v) is 12.5. The molecule has 1 heterocycles. The van der Waals surface area contributed by atoms with Crippen LogP contribution < -0.4 is 23.4 Å². The molecule has 1 rings (SSSR count). The Morgan fingerprint density at radius 3 is 1.69 bits per heavy atom. The van der Waals surface area contributed by atoms with Crippen molar-refractivity contribution in [3.63, 3.8) is 0 Å². The number of hydrogen-bond donors (Lipinski definition) is 0. The third-order valence-electron chi connectivity index (χ3n) is 3.76. The molecule has 0 amide bonds. The van der Waals surface area contributed by atoms with Gasteiger partial charge in [-0.25, -0.2) is 6.07 Å². The molecule has 0 bridgehead atoms. The minimum atomic E-state index is -1.36. The fourth-order valence-electron chi connectivity index (χ4n) is 3.33. The van der Waals surface area contributed by atoms with E-state index in [1.54, 1.807) is 4.50 Å². The molecule has 0 aliphatic heterocycles. The smallest absolute Gasteiger partial charge is 0.302 e. The summed E-state index contributed by atoms with van der Waals surface area (Å²) in [6.07, 6.45) is 0. The average Bonchev–Trinajstić information content (AvgIpc) is 2.55. The SMILES string of the molecule is CC(C)[Si](c1cc[c-]s1)(C(C)C)C(C)C.[Li+]. The summed E-state index contributed by atoms with van der Waals surface area (Å²) in [5.41, 5.74) is 2.43. The van der Waals surface area contributed by atoms with Crippen LogP contribution in [0.5, 0.6) is 0 Å². The molecule has 0 aromatic carbocycles. The zero-order valence-electron chi connectivity index (χ0n) is 11.8. The Kier molecular flexibility index (Phi) is 6.65. The number of hydrogen-bond acceptors (Lipinski definition) is 1. The van der Waals surface area contributed by atoms with Gasteiger partial charge in [0.25, 0.3) is 0 Å². The van der Waals surface area contributed by atoms with Gasteiger partial charge in [0.1, 0.15) is 0 Å². The molecule has 0 aliphatic rings. The van der Waals surface area contributed by atoms with Crippen molar-refractivity contribution in [2.75, 3.05) is 0 Å². The first-order chi connectivity index (χ1) is 6.94. The Bertz CT molecular complexity index is 269. The molecule has 0 unspecified atom stereocenters. The summed E-state index contributed by atoms with van der Waals surface area (Å²) in [7, 11) is -1.36. The van der Waals surface area contributed by atoms with E-state index < -0.39 is 8.07 Å². The van der Waals surface area contributed by atoms with Gasteiger partial charge < -0.3 is 11.3 Å². The Labute approximate surface area is 118 Å². The van der Waals surface area contributed by atoms with Crippen molar-refractivity contribution >= 4 is 23.9 Å². The molecular formula is C13H23LiSSi. The molecule has 0 nitrogen and oxygen atoms in total. The van der Waals surface area contributed by atoms with Crippen molar-refractivity contribution in [2.24, 2.45) is 0 Å². The fourth-order valence-corrected chi connectivity index (χ4v) is 12.8. The van der Waals surface area contributed by atoms with E-state index in [2.05, 4.69) is 59.1 Å². The standard InChI is InChI=1S/C13H23SSi.Li/c1-10(2)15(11(3)4,12(5)6)13-8-7-9-14-13;/h7-8,10-12H,1-6H3;/q-1;+1. The van der Waals surface area contributed by atoms with Crippen LogP contribution in [0.1, 0.15) is 41.5 Å². The number of rotatable bonds is 4. The van der Waals surface area contributed by atoms with Gasteiger partial charge in [0.15, 0.2) is 0 Å². The second-order valence-electron chi connectivity index (χ2n) is 5.31. The maximum atomic E-state index is 3.28. The van der Waals surface area contributed by atoms with Gasteiger partial charge in [-0.2, -0.15) is 6.07 Å². The quantitative estimate of drug-likeness (QED) is 0.557. The molecule has 0 spiro atoms. The van der Waals surface area contributed by atoms with Gasteiger partial charge in [-0.05, 0) is 0 Å². The van der Waals surface area contributed by atoms with Gasteiger partial charge in [-0.15, -0.1) is 9.88 Å². The molecule has 0 N–H and O–H groups in total. The maximum absolute atomic E-state index is 3.28. The minimum Gasteiger partial charge on any atom is -0.302 e.